The molecule has 1 fully saturated rings. The molecule has 1 aliphatic heterocycles. The van der Waals surface area contributed by atoms with Crippen LogP contribution in [0.5, 0.6) is 0 Å². The van der Waals surface area contributed by atoms with Crippen LogP contribution in [-0.4, -0.2) is 48.4 Å². The van der Waals surface area contributed by atoms with E-state index in [1.54, 1.807) is 4.98 Å². The van der Waals surface area contributed by atoms with Crippen LogP contribution >= 0.6 is 35.1 Å². The van der Waals surface area contributed by atoms with Gasteiger partial charge in [-0.2, -0.15) is 0 Å². The fraction of sp³-hybridized carbons (Fsp3) is 0.556. The molecule has 0 spiro atoms. The number of nitrogens with one attached hydrogen (secondary N) is 1. The van der Waals surface area contributed by atoms with Gasteiger partial charge in [0.25, 0.3) is 26.3 Å². The molecule has 2 rings (SSSR count). The van der Waals surface area contributed by atoms with Gasteiger partial charge in [-0.25, -0.2) is 22.4 Å². The molecule has 0 radical (unpaired) electrons. The summed E-state index contributed by atoms with van der Waals surface area (Å²) in [5.41, 5.74) is -2.03. The van der Waals surface area contributed by atoms with Gasteiger partial charge in [-0.3, -0.25) is 28.0 Å². The number of ether oxygens (including phenoxy) is 1. The fourth-order valence-corrected chi connectivity index (χ4v) is 5.41. The molecule has 7 atom stereocenters. The van der Waals surface area contributed by atoms with Crippen LogP contribution < -0.4 is 21.0 Å². The number of hydrogen-bond donors (Lipinski definition) is 4. The Bertz CT molecular complexity index is 1050. The highest BCUT2D eigenvalue weighted by Crippen LogP contribution is 2.63. The van der Waals surface area contributed by atoms with Crippen molar-refractivity contribution in [2.24, 2.45) is 0 Å². The maximum Gasteiger partial charge on any atom is 0.478 e. The number of nitrogens with zero attached hydrogens (tertiary/aromatic N) is 1. The lowest BCUT2D eigenvalue weighted by Crippen LogP contribution is -2.42. The van der Waals surface area contributed by atoms with Gasteiger partial charge in [0.1, 0.15) is 12.2 Å². The summed E-state index contributed by atoms with van der Waals surface area (Å²) >= 11 is 5.53. The van der Waals surface area contributed by atoms with E-state index in [1.165, 1.54) is 0 Å². The zero-order valence-corrected chi connectivity index (χ0v) is 17.4. The summed E-state index contributed by atoms with van der Waals surface area (Å²) in [5.74, 6) is 0. The summed E-state index contributed by atoms with van der Waals surface area (Å²) < 4.78 is 63.9. The van der Waals surface area contributed by atoms with Gasteiger partial charge in [-0.1, -0.05) is 11.6 Å². The highest BCUT2D eigenvalue weighted by Gasteiger charge is 2.58. The zero-order chi connectivity index (χ0) is 23.1. The van der Waals surface area contributed by atoms with Crippen LogP contribution in [0.2, 0.25) is 0 Å². The normalized spacial score (nSPS) is 32.8. The number of phosphoric acid groups is 3. The van der Waals surface area contributed by atoms with Crippen LogP contribution in [-0.2, 0) is 31.6 Å². The van der Waals surface area contributed by atoms with Crippen molar-refractivity contribution in [3.63, 3.8) is 0 Å². The Morgan fingerprint density at radius 3 is 2.43 bits per heavy atom. The van der Waals surface area contributed by atoms with E-state index in [2.05, 4.69) is 13.1 Å². The summed E-state index contributed by atoms with van der Waals surface area (Å²) in [6.45, 7) is -1.27. The summed E-state index contributed by atoms with van der Waals surface area (Å²) in [4.78, 5) is 63.7. The topological polar surface area (TPSA) is 250 Å². The molecule has 4 N–H and O–H groups in total. The number of rotatable bonds is 8. The number of aliphatic hydroxyl groups is 1. The SMILES string of the molecule is O=c1ccn([C@@H]2O[C@H](COP(=O)(O)OP(=O)([O-])OP(=O)([O-])O)[C@@H](O)[C@]2(F)Cl)c(=O)[nH]1. The van der Waals surface area contributed by atoms with Crippen molar-refractivity contribution in [2.75, 3.05) is 6.61 Å². The van der Waals surface area contributed by atoms with Gasteiger partial charge in [0.05, 0.1) is 6.61 Å². The van der Waals surface area contributed by atoms with Crippen molar-refractivity contribution in [3.05, 3.63) is 33.1 Å². The first kappa shape index (κ1) is 25.5. The molecule has 0 amide bonds. The predicted octanol–water partition coefficient (Wildman–Crippen LogP) is -2.22. The number of H-pyrrole nitrogens is 1. The van der Waals surface area contributed by atoms with Gasteiger partial charge in [-0.15, -0.1) is 0 Å². The standard InChI is InChI=1S/C9H13ClFN2O14P3/c10-9(11)6(15)4(25-7(9)13-2-1-5(14)12-8(13)16)3-24-29(20,21)27-30(22,23)26-28(17,18)19/h1-2,4,6-7,15H,3H2,(H,20,21)(H,22,23)(H,12,14,16)(H2,17,18,19)/p-2/t4-,6-,7-,9-/m1/s1. The Morgan fingerprint density at radius 1 is 1.30 bits per heavy atom. The Balaban J connectivity index is 2.13. The number of aromatic amines is 1. The monoisotopic (exact) mass is 518 g/mol. The van der Waals surface area contributed by atoms with E-state index in [1.807, 2.05) is 0 Å². The zero-order valence-electron chi connectivity index (χ0n) is 14.0. The van der Waals surface area contributed by atoms with E-state index in [0.29, 0.717) is 4.57 Å². The molecular weight excluding hydrogens is 507 g/mol. The van der Waals surface area contributed by atoms with E-state index in [9.17, 15) is 47.5 Å². The third-order valence-corrected chi connectivity index (χ3v) is 7.43. The minimum atomic E-state index is -6.11. The average molecular weight is 519 g/mol. The molecule has 1 aliphatic rings. The van der Waals surface area contributed by atoms with Gasteiger partial charge in [0.15, 0.2) is 6.23 Å². The van der Waals surface area contributed by atoms with Crippen LogP contribution in [0, 0.1) is 0 Å². The van der Waals surface area contributed by atoms with Crippen molar-refractivity contribution in [2.45, 2.75) is 23.6 Å². The lowest BCUT2D eigenvalue weighted by molar-refractivity contribution is -0.236. The molecule has 1 aromatic heterocycles. The minimum Gasteiger partial charge on any atom is -0.756 e. The van der Waals surface area contributed by atoms with E-state index >= 15 is 0 Å². The highest BCUT2D eigenvalue weighted by molar-refractivity contribution is 7.65. The van der Waals surface area contributed by atoms with E-state index in [-0.39, 0.29) is 0 Å². The van der Waals surface area contributed by atoms with Gasteiger partial charge >= 0.3 is 13.5 Å². The molecule has 0 aromatic carbocycles. The number of alkyl halides is 2. The van der Waals surface area contributed by atoms with Crippen molar-refractivity contribution in [3.8, 4) is 0 Å². The third kappa shape index (κ3) is 6.37. The molecule has 1 saturated heterocycles. The Labute approximate surface area is 169 Å². The molecule has 30 heavy (non-hydrogen) atoms. The quantitative estimate of drug-likeness (QED) is 0.210. The molecule has 0 bridgehead atoms. The average Bonchev–Trinajstić information content (AvgIpc) is 2.73. The van der Waals surface area contributed by atoms with Crippen molar-refractivity contribution >= 4 is 35.1 Å². The first-order valence-electron chi connectivity index (χ1n) is 7.21. The molecule has 21 heteroatoms. The van der Waals surface area contributed by atoms with E-state index in [4.69, 9.17) is 21.2 Å². The van der Waals surface area contributed by atoms with E-state index < -0.39 is 64.9 Å². The van der Waals surface area contributed by atoms with E-state index in [0.717, 1.165) is 12.3 Å². The van der Waals surface area contributed by atoms with Gasteiger partial charge in [-0.05, 0) is 0 Å². The summed E-state index contributed by atoms with van der Waals surface area (Å²) in [6.07, 6.45) is -5.51. The summed E-state index contributed by atoms with van der Waals surface area (Å²) in [6, 6.07) is 0.797. The second-order valence-electron chi connectivity index (χ2n) is 5.51. The lowest BCUT2D eigenvalue weighted by Gasteiger charge is -2.28. The molecule has 0 saturated carbocycles. The molecule has 0 aliphatic carbocycles. The van der Waals surface area contributed by atoms with Crippen LogP contribution in [0.15, 0.2) is 21.9 Å². The number of aromatic nitrogens is 2. The Morgan fingerprint density at radius 2 is 1.90 bits per heavy atom. The third-order valence-electron chi connectivity index (χ3n) is 3.29. The summed E-state index contributed by atoms with van der Waals surface area (Å²) in [5, 5.41) is 6.69. The predicted molar refractivity (Wildman–Crippen MR) is 86.3 cm³/mol. The van der Waals surface area contributed by atoms with Gasteiger partial charge in [0.2, 0.25) is 0 Å². The molecular formula is C9H11ClFN2O14P3-2. The highest BCUT2D eigenvalue weighted by atomic mass is 35.5. The first-order valence-corrected chi connectivity index (χ1v) is 12.0. The molecule has 2 heterocycles. The molecule has 3 unspecified atom stereocenters. The van der Waals surface area contributed by atoms with Crippen LogP contribution in [0.25, 0.3) is 0 Å². The van der Waals surface area contributed by atoms with Crippen molar-refractivity contribution < 1.29 is 60.6 Å². The van der Waals surface area contributed by atoms with Crippen molar-refractivity contribution in [1.29, 1.82) is 0 Å². The maximum atomic E-state index is 14.7. The smallest absolute Gasteiger partial charge is 0.478 e. The van der Waals surface area contributed by atoms with Gasteiger partial charge < -0.3 is 29.4 Å². The molecule has 172 valence electrons. The van der Waals surface area contributed by atoms with Crippen LogP contribution in [0.4, 0.5) is 4.39 Å². The second-order valence-corrected chi connectivity index (χ2v) is 10.4. The molecule has 1 aromatic rings. The van der Waals surface area contributed by atoms with Crippen LogP contribution in [0.3, 0.4) is 0 Å². The largest absolute Gasteiger partial charge is 0.756 e. The Kier molecular flexibility index (Phi) is 7.34. The lowest BCUT2D eigenvalue weighted by atomic mass is 10.1. The van der Waals surface area contributed by atoms with Crippen LogP contribution in [0.1, 0.15) is 6.23 Å². The van der Waals surface area contributed by atoms with Crippen molar-refractivity contribution in [1.82, 2.24) is 9.55 Å². The fourth-order valence-electron chi connectivity index (χ4n) is 2.18. The summed E-state index contributed by atoms with van der Waals surface area (Å²) in [7, 11) is -17.7. The van der Waals surface area contributed by atoms with Gasteiger partial charge in [0, 0.05) is 12.3 Å². The Hall–Kier alpha value is -0.770. The first-order chi connectivity index (χ1) is 13.4. The number of halogens is 2. The second kappa shape index (κ2) is 8.64. The number of hydrogen-bond acceptors (Lipinski definition) is 12. The number of aliphatic hydroxyl groups excluding tert-OH is 1. The molecule has 16 nitrogen and oxygen atoms in total. The maximum absolute atomic E-state index is 14.7. The minimum absolute atomic E-state index is 0.444. The number of phosphoric ester groups is 1.